The van der Waals surface area contributed by atoms with Crippen molar-refractivity contribution in [1.82, 2.24) is 0 Å². The first-order chi connectivity index (χ1) is 8.50. The van der Waals surface area contributed by atoms with Crippen LogP contribution < -0.4 is 0 Å². The lowest BCUT2D eigenvalue weighted by Crippen LogP contribution is -2.38. The number of hydrazone groups is 1. The van der Waals surface area contributed by atoms with E-state index in [2.05, 4.69) is 32.4 Å². The van der Waals surface area contributed by atoms with E-state index in [4.69, 9.17) is 17.7 Å². The molecule has 2 bridgehead atoms. The standard InChI is InChI=1S/C15H24N2S/c1-8(2)13(9(3)4)17-14-11-6-5-10(7-11)12(14)15(18)16-17/h8-12,14H,5-7H2,1-4H3. The molecule has 18 heavy (non-hydrogen) atoms. The smallest absolute Gasteiger partial charge is 0.193 e. The highest BCUT2D eigenvalue weighted by atomic mass is 32.1. The Labute approximate surface area is 116 Å². The second-order valence-electron chi connectivity index (χ2n) is 6.87. The Balaban J connectivity index is 2.05. The van der Waals surface area contributed by atoms with Gasteiger partial charge in [-0.05, 0) is 35.3 Å². The normalized spacial score (nSPS) is 37.7. The van der Waals surface area contributed by atoms with E-state index >= 15 is 0 Å². The van der Waals surface area contributed by atoms with Gasteiger partial charge in [0, 0.05) is 23.7 Å². The van der Waals surface area contributed by atoms with Crippen molar-refractivity contribution in [3.63, 3.8) is 0 Å². The average molecular weight is 264 g/mol. The molecule has 2 fully saturated rings. The summed E-state index contributed by atoms with van der Waals surface area (Å²) >= 11 is 5.57. The lowest BCUT2D eigenvalue weighted by molar-refractivity contribution is -0.576. The maximum absolute atomic E-state index is 5.57. The minimum Gasteiger partial charge on any atom is -0.758 e. The molecule has 0 aromatic heterocycles. The Kier molecular flexibility index (Phi) is 3.00. The van der Waals surface area contributed by atoms with Crippen LogP contribution in [0, 0.1) is 29.6 Å². The summed E-state index contributed by atoms with van der Waals surface area (Å²) in [6, 6.07) is 0.607. The van der Waals surface area contributed by atoms with Gasteiger partial charge in [-0.3, -0.25) is 0 Å². The average Bonchev–Trinajstić information content (AvgIpc) is 2.91. The minimum absolute atomic E-state index is 0.564. The van der Waals surface area contributed by atoms with Crippen LogP contribution in [0.1, 0.15) is 47.0 Å². The molecule has 0 saturated heterocycles. The summed E-state index contributed by atoms with van der Waals surface area (Å²) in [7, 11) is 0. The summed E-state index contributed by atoms with van der Waals surface area (Å²) in [6.45, 7) is 9.14. The zero-order chi connectivity index (χ0) is 13.0. The van der Waals surface area contributed by atoms with E-state index in [0.29, 0.717) is 23.8 Å². The molecule has 100 valence electrons. The van der Waals surface area contributed by atoms with Crippen molar-refractivity contribution in [2.45, 2.75) is 53.0 Å². The number of hydrogen-bond donors (Lipinski definition) is 0. The van der Waals surface area contributed by atoms with Crippen LogP contribution in [-0.2, 0) is 12.6 Å². The summed E-state index contributed by atoms with van der Waals surface area (Å²) in [4.78, 5) is 0. The van der Waals surface area contributed by atoms with Gasteiger partial charge in [-0.25, -0.2) is 0 Å². The summed E-state index contributed by atoms with van der Waals surface area (Å²) in [6.07, 6.45) is 4.17. The number of rotatable bonds is 2. The number of fused-ring (bicyclic) bond motifs is 5. The van der Waals surface area contributed by atoms with E-state index in [1.807, 2.05) is 0 Å². The second kappa shape index (κ2) is 4.29. The molecule has 0 radical (unpaired) electrons. The zero-order valence-electron chi connectivity index (χ0n) is 11.9. The zero-order valence-corrected chi connectivity index (χ0v) is 12.7. The first-order valence-corrected chi connectivity index (χ1v) is 7.83. The first kappa shape index (κ1) is 12.6. The van der Waals surface area contributed by atoms with E-state index in [-0.39, 0.29) is 0 Å². The quantitative estimate of drug-likeness (QED) is 0.553. The van der Waals surface area contributed by atoms with E-state index < -0.39 is 0 Å². The van der Waals surface area contributed by atoms with Gasteiger partial charge in [-0.2, -0.15) is 0 Å². The van der Waals surface area contributed by atoms with Crippen LogP contribution in [0.4, 0.5) is 0 Å². The highest BCUT2D eigenvalue weighted by Crippen LogP contribution is 2.52. The van der Waals surface area contributed by atoms with Gasteiger partial charge in [-0.1, -0.05) is 32.4 Å². The molecule has 4 unspecified atom stereocenters. The van der Waals surface area contributed by atoms with Crippen LogP contribution in [0.3, 0.4) is 0 Å². The Morgan fingerprint density at radius 2 is 1.78 bits per heavy atom. The van der Waals surface area contributed by atoms with Gasteiger partial charge in [0.2, 0.25) is 0 Å². The monoisotopic (exact) mass is 264 g/mol. The molecule has 2 saturated carbocycles. The van der Waals surface area contributed by atoms with Gasteiger partial charge in [0.25, 0.3) is 0 Å². The van der Waals surface area contributed by atoms with Crippen molar-refractivity contribution in [3.8, 4) is 0 Å². The molecule has 2 nitrogen and oxygen atoms in total. The third kappa shape index (κ3) is 1.66. The Bertz CT molecular complexity index is 412. The molecule has 4 atom stereocenters. The second-order valence-corrected chi connectivity index (χ2v) is 7.28. The van der Waals surface area contributed by atoms with Crippen molar-refractivity contribution >= 4 is 23.4 Å². The van der Waals surface area contributed by atoms with Crippen LogP contribution in [-0.4, -0.2) is 21.5 Å². The Morgan fingerprint density at radius 3 is 2.39 bits per heavy atom. The molecule has 1 heterocycles. The summed E-state index contributed by atoms with van der Waals surface area (Å²) in [5, 5.41) is 5.78. The van der Waals surface area contributed by atoms with Gasteiger partial charge < -0.3 is 12.6 Å². The van der Waals surface area contributed by atoms with E-state index in [1.165, 1.54) is 25.0 Å². The fraction of sp³-hybridized carbons (Fsp3) is 0.867. The predicted molar refractivity (Wildman–Crippen MR) is 77.9 cm³/mol. The van der Waals surface area contributed by atoms with E-state index in [9.17, 15) is 0 Å². The molecular weight excluding hydrogens is 240 g/mol. The molecule has 0 N–H and O–H groups in total. The molecule has 0 spiro atoms. The molecular formula is C15H24N2S. The van der Waals surface area contributed by atoms with Gasteiger partial charge in [0.15, 0.2) is 11.8 Å². The fourth-order valence-electron chi connectivity index (χ4n) is 4.63. The van der Waals surface area contributed by atoms with Crippen molar-refractivity contribution in [3.05, 3.63) is 0 Å². The third-order valence-corrected chi connectivity index (χ3v) is 5.45. The van der Waals surface area contributed by atoms with Crippen LogP contribution in [0.2, 0.25) is 0 Å². The molecule has 2 aliphatic carbocycles. The minimum atomic E-state index is 0.564. The SMILES string of the molecule is CC(C)C(C(C)C)=[N+]1N=C([S-])C2C3CCC(C3)C21. The van der Waals surface area contributed by atoms with Gasteiger partial charge >= 0.3 is 0 Å². The lowest BCUT2D eigenvalue weighted by Gasteiger charge is -2.24. The summed E-state index contributed by atoms with van der Waals surface area (Å²) < 4.78 is 2.35. The van der Waals surface area contributed by atoms with Crippen molar-refractivity contribution < 1.29 is 4.68 Å². The Morgan fingerprint density at radius 1 is 1.17 bits per heavy atom. The number of hydrogen-bond acceptors (Lipinski definition) is 2. The molecule has 0 aromatic carbocycles. The van der Waals surface area contributed by atoms with Crippen LogP contribution in [0.5, 0.6) is 0 Å². The third-order valence-electron chi connectivity index (χ3n) is 5.09. The maximum Gasteiger partial charge on any atom is 0.193 e. The largest absolute Gasteiger partial charge is 0.758 e. The molecule has 0 amide bonds. The molecule has 0 aromatic rings. The number of nitrogens with zero attached hydrogens (tertiary/aromatic N) is 2. The summed E-state index contributed by atoms with van der Waals surface area (Å²) in [5.74, 6) is 3.40. The molecule has 3 rings (SSSR count). The van der Waals surface area contributed by atoms with Gasteiger partial charge in [0.05, 0.1) is 0 Å². The van der Waals surface area contributed by atoms with Crippen LogP contribution >= 0.6 is 0 Å². The summed E-state index contributed by atoms with van der Waals surface area (Å²) in [5.41, 5.74) is 1.48. The highest BCUT2D eigenvalue weighted by molar-refractivity contribution is 7.77. The fourth-order valence-corrected chi connectivity index (χ4v) is 5.05. The van der Waals surface area contributed by atoms with Crippen molar-refractivity contribution in [2.75, 3.05) is 0 Å². The predicted octanol–water partition coefficient (Wildman–Crippen LogP) is 3.04. The van der Waals surface area contributed by atoms with Gasteiger partial charge in [-0.15, -0.1) is 0 Å². The van der Waals surface area contributed by atoms with Crippen molar-refractivity contribution in [1.29, 1.82) is 0 Å². The lowest BCUT2D eigenvalue weighted by atomic mass is 9.85. The van der Waals surface area contributed by atoms with E-state index in [0.717, 1.165) is 16.9 Å². The topological polar surface area (TPSA) is 15.4 Å². The van der Waals surface area contributed by atoms with Crippen LogP contribution in [0.15, 0.2) is 5.10 Å². The van der Waals surface area contributed by atoms with Crippen molar-refractivity contribution in [2.24, 2.45) is 34.7 Å². The van der Waals surface area contributed by atoms with Crippen LogP contribution in [0.25, 0.3) is 0 Å². The first-order valence-electron chi connectivity index (χ1n) is 7.42. The van der Waals surface area contributed by atoms with E-state index in [1.54, 1.807) is 0 Å². The van der Waals surface area contributed by atoms with Gasteiger partial charge in [0.1, 0.15) is 0 Å². The molecule has 3 heteroatoms. The molecule has 3 aliphatic rings. The Hall–Kier alpha value is -0.440. The maximum atomic E-state index is 5.57. The highest BCUT2D eigenvalue weighted by Gasteiger charge is 2.57. The molecule has 1 aliphatic heterocycles.